The zero-order valence-corrected chi connectivity index (χ0v) is 19.0. The fourth-order valence-corrected chi connectivity index (χ4v) is 3.40. The smallest absolute Gasteiger partial charge is 0.0991 e. The molecule has 0 aliphatic rings. The van der Waals surface area contributed by atoms with E-state index in [-0.39, 0.29) is 0 Å². The van der Waals surface area contributed by atoms with Crippen LogP contribution < -0.4 is 16.0 Å². The van der Waals surface area contributed by atoms with Crippen LogP contribution in [-0.4, -0.2) is 44.2 Å². The minimum atomic E-state index is 0.648. The first-order valence-corrected chi connectivity index (χ1v) is 11.1. The van der Waals surface area contributed by atoms with Crippen LogP contribution >= 0.6 is 0 Å². The van der Waals surface area contributed by atoms with Crippen LogP contribution in [0, 0.1) is 34.0 Å². The van der Waals surface area contributed by atoms with Crippen LogP contribution in [0.1, 0.15) is 16.7 Å². The molecule has 0 atom stereocenters. The van der Waals surface area contributed by atoms with Crippen molar-refractivity contribution >= 4 is 17.1 Å². The van der Waals surface area contributed by atoms with Crippen molar-refractivity contribution in [2.75, 3.05) is 55.2 Å². The molecule has 0 spiro atoms. The predicted octanol–water partition coefficient (Wildman–Crippen LogP) is 4.24. The number of nitrogens with zero attached hydrogens (tertiary/aromatic N) is 4. The quantitative estimate of drug-likeness (QED) is 0.379. The van der Waals surface area contributed by atoms with E-state index >= 15 is 0 Å². The van der Waals surface area contributed by atoms with E-state index in [1.807, 2.05) is 72.8 Å². The summed E-state index contributed by atoms with van der Waals surface area (Å²) in [6, 6.07) is 28.8. The molecule has 3 rings (SSSR count). The lowest BCUT2D eigenvalue weighted by Crippen LogP contribution is -2.36. The van der Waals surface area contributed by atoms with E-state index in [1.165, 1.54) is 0 Å². The van der Waals surface area contributed by atoms with Crippen molar-refractivity contribution in [2.45, 2.75) is 0 Å². The van der Waals surface area contributed by atoms with E-state index < -0.39 is 0 Å². The number of hydrogen-bond acceptors (Lipinski definition) is 7. The largest absolute Gasteiger partial charge is 0.384 e. The first kappa shape index (κ1) is 24.1. The van der Waals surface area contributed by atoms with E-state index in [0.717, 1.165) is 56.3 Å². The number of benzene rings is 3. The Labute approximate surface area is 200 Å². The third kappa shape index (κ3) is 7.88. The summed E-state index contributed by atoms with van der Waals surface area (Å²) >= 11 is 0. The van der Waals surface area contributed by atoms with E-state index in [9.17, 15) is 0 Å². The maximum absolute atomic E-state index is 8.94. The average molecular weight is 450 g/mol. The summed E-state index contributed by atoms with van der Waals surface area (Å²) in [6.07, 6.45) is 0. The van der Waals surface area contributed by atoms with Gasteiger partial charge >= 0.3 is 0 Å². The first-order chi connectivity index (χ1) is 16.7. The summed E-state index contributed by atoms with van der Waals surface area (Å²) in [5.41, 5.74) is 4.92. The summed E-state index contributed by atoms with van der Waals surface area (Å²) < 4.78 is 0. The minimum Gasteiger partial charge on any atom is -0.384 e. The Morgan fingerprint density at radius 2 is 0.735 bits per heavy atom. The molecule has 0 fully saturated rings. The molecule has 0 aromatic heterocycles. The van der Waals surface area contributed by atoms with E-state index in [1.54, 1.807) is 0 Å². The maximum atomic E-state index is 8.94. The fourth-order valence-electron chi connectivity index (χ4n) is 3.40. The highest BCUT2D eigenvalue weighted by atomic mass is 15.2. The van der Waals surface area contributed by atoms with Crippen LogP contribution in [0.2, 0.25) is 0 Å². The lowest BCUT2D eigenvalue weighted by molar-refractivity contribution is 0.306. The third-order valence-electron chi connectivity index (χ3n) is 5.31. The normalized spacial score (nSPS) is 10.1. The maximum Gasteiger partial charge on any atom is 0.0991 e. The molecule has 3 N–H and O–H groups in total. The standard InChI is InChI=1S/C27H27N7/c28-19-22-1-7-25(8-2-22)31-13-16-34(17-14-32-26-9-3-23(20-29)4-10-26)18-15-33-27-11-5-24(21-30)6-12-27/h1-12,31-33H,13-18H2. The molecule has 34 heavy (non-hydrogen) atoms. The number of anilines is 3. The van der Waals surface area contributed by atoms with Crippen molar-refractivity contribution < 1.29 is 0 Å². The summed E-state index contributed by atoms with van der Waals surface area (Å²) in [5.74, 6) is 0. The van der Waals surface area contributed by atoms with Gasteiger partial charge in [-0.05, 0) is 72.8 Å². The van der Waals surface area contributed by atoms with Gasteiger partial charge in [-0.3, -0.25) is 4.90 Å². The van der Waals surface area contributed by atoms with Crippen molar-refractivity contribution in [3.8, 4) is 18.2 Å². The number of rotatable bonds is 12. The van der Waals surface area contributed by atoms with Gasteiger partial charge in [-0.25, -0.2) is 0 Å². The monoisotopic (exact) mass is 449 g/mol. The highest BCUT2D eigenvalue weighted by Crippen LogP contribution is 2.11. The fraction of sp³-hybridized carbons (Fsp3) is 0.222. The molecule has 170 valence electrons. The average Bonchev–Trinajstić information content (AvgIpc) is 2.89. The number of nitriles is 3. The molecule has 7 heteroatoms. The minimum absolute atomic E-state index is 0.648. The SMILES string of the molecule is N#Cc1ccc(NCCN(CCNc2ccc(C#N)cc2)CCNc2ccc(C#N)cc2)cc1. The molecule has 3 aromatic carbocycles. The van der Waals surface area contributed by atoms with Crippen LogP contribution in [0.15, 0.2) is 72.8 Å². The zero-order chi connectivity index (χ0) is 24.0. The van der Waals surface area contributed by atoms with Crippen molar-refractivity contribution in [1.82, 2.24) is 4.90 Å². The molecule has 0 bridgehead atoms. The molecule has 0 amide bonds. The van der Waals surface area contributed by atoms with Crippen LogP contribution in [0.3, 0.4) is 0 Å². The van der Waals surface area contributed by atoms with Crippen molar-refractivity contribution in [3.05, 3.63) is 89.5 Å². The molecule has 0 saturated carbocycles. The van der Waals surface area contributed by atoms with Gasteiger partial charge in [0.05, 0.1) is 34.9 Å². The van der Waals surface area contributed by atoms with Crippen LogP contribution in [-0.2, 0) is 0 Å². The van der Waals surface area contributed by atoms with Gasteiger partial charge in [-0.1, -0.05) is 0 Å². The Hall–Kier alpha value is -4.51. The van der Waals surface area contributed by atoms with E-state index in [0.29, 0.717) is 16.7 Å². The van der Waals surface area contributed by atoms with Gasteiger partial charge in [0, 0.05) is 56.3 Å². The molecule has 0 aliphatic carbocycles. The predicted molar refractivity (Wildman–Crippen MR) is 135 cm³/mol. The van der Waals surface area contributed by atoms with Gasteiger partial charge < -0.3 is 16.0 Å². The molecular formula is C27H27N7. The summed E-state index contributed by atoms with van der Waals surface area (Å²) in [4.78, 5) is 2.37. The van der Waals surface area contributed by atoms with Gasteiger partial charge in [0.1, 0.15) is 0 Å². The Balaban J connectivity index is 1.49. The molecule has 0 unspecified atom stereocenters. The molecule has 3 aromatic rings. The Morgan fingerprint density at radius 3 is 0.971 bits per heavy atom. The zero-order valence-electron chi connectivity index (χ0n) is 19.0. The van der Waals surface area contributed by atoms with Crippen molar-refractivity contribution in [1.29, 1.82) is 15.8 Å². The molecule has 0 saturated heterocycles. The molecule has 0 aliphatic heterocycles. The first-order valence-electron chi connectivity index (χ1n) is 11.1. The van der Waals surface area contributed by atoms with Crippen LogP contribution in [0.5, 0.6) is 0 Å². The second-order valence-electron chi connectivity index (χ2n) is 7.69. The lowest BCUT2D eigenvalue weighted by Gasteiger charge is -2.23. The van der Waals surface area contributed by atoms with Crippen LogP contribution in [0.25, 0.3) is 0 Å². The third-order valence-corrected chi connectivity index (χ3v) is 5.31. The Bertz CT molecular complexity index is 998. The van der Waals surface area contributed by atoms with Gasteiger partial charge in [0.2, 0.25) is 0 Å². The summed E-state index contributed by atoms with van der Waals surface area (Å²) in [7, 11) is 0. The van der Waals surface area contributed by atoms with Crippen molar-refractivity contribution in [2.24, 2.45) is 0 Å². The Morgan fingerprint density at radius 1 is 0.471 bits per heavy atom. The van der Waals surface area contributed by atoms with Crippen LogP contribution in [0.4, 0.5) is 17.1 Å². The highest BCUT2D eigenvalue weighted by Gasteiger charge is 2.06. The number of hydrogen-bond donors (Lipinski definition) is 3. The molecule has 0 heterocycles. The van der Waals surface area contributed by atoms with Gasteiger partial charge in [-0.15, -0.1) is 0 Å². The lowest BCUT2D eigenvalue weighted by atomic mass is 10.2. The second-order valence-corrected chi connectivity index (χ2v) is 7.69. The molecule has 7 nitrogen and oxygen atoms in total. The topological polar surface area (TPSA) is 111 Å². The van der Waals surface area contributed by atoms with E-state index in [4.69, 9.17) is 15.8 Å². The second kappa shape index (κ2) is 13.1. The summed E-state index contributed by atoms with van der Waals surface area (Å²) in [5, 5.41) is 37.1. The summed E-state index contributed by atoms with van der Waals surface area (Å²) in [6.45, 7) is 4.89. The molecule has 0 radical (unpaired) electrons. The van der Waals surface area contributed by atoms with Gasteiger partial charge in [0.25, 0.3) is 0 Å². The Kier molecular flexibility index (Phi) is 9.32. The van der Waals surface area contributed by atoms with E-state index in [2.05, 4.69) is 39.1 Å². The number of nitrogens with one attached hydrogen (secondary N) is 3. The molecular weight excluding hydrogens is 422 g/mol. The van der Waals surface area contributed by atoms with Gasteiger partial charge in [-0.2, -0.15) is 15.8 Å². The highest BCUT2D eigenvalue weighted by molar-refractivity contribution is 5.48. The van der Waals surface area contributed by atoms with Crippen molar-refractivity contribution in [3.63, 3.8) is 0 Å². The van der Waals surface area contributed by atoms with Gasteiger partial charge in [0.15, 0.2) is 0 Å².